The first-order chi connectivity index (χ1) is 8.43. The molecule has 0 aliphatic rings. The number of aryl methyl sites for hydroxylation is 1. The van der Waals surface area contributed by atoms with Crippen LogP contribution in [0.2, 0.25) is 0 Å². The highest BCUT2D eigenvalue weighted by Gasteiger charge is 2.35. The molecule has 1 atom stereocenters. The topological polar surface area (TPSA) is 35.5 Å². The quantitative estimate of drug-likeness (QED) is 0.619. The van der Waals surface area contributed by atoms with Gasteiger partial charge in [0.1, 0.15) is 0 Å². The summed E-state index contributed by atoms with van der Waals surface area (Å²) in [6.45, 7) is 0. The molecule has 0 amide bonds. The zero-order valence-corrected chi connectivity index (χ0v) is 12.0. The van der Waals surface area contributed by atoms with Crippen molar-refractivity contribution in [1.29, 1.82) is 0 Å². The highest BCUT2D eigenvalue weighted by atomic mass is 35.6. The molecule has 0 saturated carbocycles. The highest BCUT2D eigenvalue weighted by molar-refractivity contribution is 6.68. The molecule has 6 heteroatoms. The van der Waals surface area contributed by atoms with Crippen molar-refractivity contribution in [3.63, 3.8) is 0 Å². The van der Waals surface area contributed by atoms with Crippen LogP contribution in [0.1, 0.15) is 12.0 Å². The molecule has 1 aromatic rings. The molecule has 0 aliphatic heterocycles. The molecule has 0 fully saturated rings. The van der Waals surface area contributed by atoms with Crippen molar-refractivity contribution in [2.75, 3.05) is 7.11 Å². The van der Waals surface area contributed by atoms with Crippen LogP contribution >= 0.6 is 34.8 Å². The Bertz CT molecular complexity index is 376. The van der Waals surface area contributed by atoms with E-state index in [1.165, 1.54) is 7.11 Å². The Morgan fingerprint density at radius 2 is 1.89 bits per heavy atom. The van der Waals surface area contributed by atoms with Gasteiger partial charge in [-0.25, -0.2) is 4.79 Å². The van der Waals surface area contributed by atoms with E-state index in [0.29, 0.717) is 12.8 Å². The number of carbonyl (C=O) groups excluding carboxylic acids is 1. The van der Waals surface area contributed by atoms with Crippen LogP contribution in [-0.2, 0) is 15.9 Å². The number of alkyl halides is 3. The lowest BCUT2D eigenvalue weighted by Crippen LogP contribution is -2.31. The average molecular weight is 312 g/mol. The van der Waals surface area contributed by atoms with Crippen LogP contribution in [0.4, 0.5) is 4.79 Å². The van der Waals surface area contributed by atoms with Gasteiger partial charge in [0, 0.05) is 0 Å². The predicted molar refractivity (Wildman–Crippen MR) is 72.3 cm³/mol. The third-order valence-corrected chi connectivity index (χ3v) is 3.04. The molecule has 0 aliphatic carbocycles. The number of hydrogen-bond donors (Lipinski definition) is 0. The van der Waals surface area contributed by atoms with Crippen LogP contribution in [0.5, 0.6) is 0 Å². The summed E-state index contributed by atoms with van der Waals surface area (Å²) in [4.78, 5) is 11.1. The predicted octanol–water partition coefficient (Wildman–Crippen LogP) is 4.14. The highest BCUT2D eigenvalue weighted by Crippen LogP contribution is 2.34. The van der Waals surface area contributed by atoms with Gasteiger partial charge >= 0.3 is 6.16 Å². The SMILES string of the molecule is COC(=O)OC(CCc1ccccc1)C(Cl)(Cl)Cl. The second-order valence-corrected chi connectivity index (χ2v) is 6.00. The summed E-state index contributed by atoms with van der Waals surface area (Å²) in [5.74, 6) is 0. The number of rotatable bonds is 4. The summed E-state index contributed by atoms with van der Waals surface area (Å²) in [6, 6.07) is 9.66. The summed E-state index contributed by atoms with van der Waals surface area (Å²) >= 11 is 17.3. The molecule has 100 valence electrons. The Morgan fingerprint density at radius 3 is 2.39 bits per heavy atom. The van der Waals surface area contributed by atoms with Crippen molar-refractivity contribution in [3.05, 3.63) is 35.9 Å². The number of hydrogen-bond acceptors (Lipinski definition) is 3. The molecule has 0 aromatic heterocycles. The number of ether oxygens (including phenoxy) is 2. The van der Waals surface area contributed by atoms with Gasteiger partial charge in [0.25, 0.3) is 0 Å². The van der Waals surface area contributed by atoms with Gasteiger partial charge in [-0.3, -0.25) is 0 Å². The molecule has 1 aromatic carbocycles. The van der Waals surface area contributed by atoms with E-state index in [-0.39, 0.29) is 0 Å². The standard InChI is InChI=1S/C12H13Cl3O3/c1-17-11(16)18-10(12(13,14)15)8-7-9-5-3-2-4-6-9/h2-6,10H,7-8H2,1H3. The molecule has 1 unspecified atom stereocenters. The normalized spacial score (nSPS) is 12.9. The molecule has 1 rings (SSSR count). The maximum atomic E-state index is 11.1. The van der Waals surface area contributed by atoms with Crippen molar-refractivity contribution in [2.45, 2.75) is 22.7 Å². The van der Waals surface area contributed by atoms with Gasteiger partial charge in [0.15, 0.2) is 6.10 Å². The van der Waals surface area contributed by atoms with Crippen LogP contribution in [0.25, 0.3) is 0 Å². The second-order valence-electron chi connectivity index (χ2n) is 3.63. The van der Waals surface area contributed by atoms with Crippen molar-refractivity contribution < 1.29 is 14.3 Å². The smallest absolute Gasteiger partial charge is 0.438 e. The van der Waals surface area contributed by atoms with E-state index < -0.39 is 16.1 Å². The number of carbonyl (C=O) groups is 1. The van der Waals surface area contributed by atoms with E-state index in [0.717, 1.165) is 5.56 Å². The Morgan fingerprint density at radius 1 is 1.28 bits per heavy atom. The Hall–Kier alpha value is -0.640. The third kappa shape index (κ3) is 5.34. The number of methoxy groups -OCH3 is 1. The third-order valence-electron chi connectivity index (χ3n) is 2.31. The number of benzene rings is 1. The van der Waals surface area contributed by atoms with E-state index in [2.05, 4.69) is 4.74 Å². The lowest BCUT2D eigenvalue weighted by Gasteiger charge is -2.23. The van der Waals surface area contributed by atoms with Crippen LogP contribution in [0.15, 0.2) is 30.3 Å². The van der Waals surface area contributed by atoms with Gasteiger partial charge in [-0.2, -0.15) is 0 Å². The Kier molecular flexibility index (Phi) is 6.06. The van der Waals surface area contributed by atoms with Gasteiger partial charge in [-0.05, 0) is 18.4 Å². The lowest BCUT2D eigenvalue weighted by atomic mass is 10.1. The molecule has 3 nitrogen and oxygen atoms in total. The molecular formula is C12H13Cl3O3. The van der Waals surface area contributed by atoms with Crippen LogP contribution in [0, 0.1) is 0 Å². The largest absolute Gasteiger partial charge is 0.508 e. The Labute approximate surface area is 121 Å². The summed E-state index contributed by atoms with van der Waals surface area (Å²) < 4.78 is 7.64. The Balaban J connectivity index is 2.59. The molecule has 0 heterocycles. The first kappa shape index (κ1) is 15.4. The lowest BCUT2D eigenvalue weighted by molar-refractivity contribution is 0.0353. The van der Waals surface area contributed by atoms with E-state index in [1.54, 1.807) is 0 Å². The van der Waals surface area contributed by atoms with Gasteiger partial charge in [-0.1, -0.05) is 65.1 Å². The minimum absolute atomic E-state index is 0.398. The molecule has 0 saturated heterocycles. The summed E-state index contributed by atoms with van der Waals surface area (Å²) in [5.41, 5.74) is 1.07. The monoisotopic (exact) mass is 310 g/mol. The van der Waals surface area contributed by atoms with E-state index in [4.69, 9.17) is 39.5 Å². The van der Waals surface area contributed by atoms with Crippen LogP contribution in [0.3, 0.4) is 0 Å². The molecule has 0 bridgehead atoms. The minimum Gasteiger partial charge on any atom is -0.438 e. The van der Waals surface area contributed by atoms with Crippen molar-refractivity contribution in [1.82, 2.24) is 0 Å². The fraction of sp³-hybridized carbons (Fsp3) is 0.417. The van der Waals surface area contributed by atoms with E-state index in [9.17, 15) is 4.79 Å². The molecule has 18 heavy (non-hydrogen) atoms. The van der Waals surface area contributed by atoms with Crippen LogP contribution < -0.4 is 0 Å². The van der Waals surface area contributed by atoms with Gasteiger partial charge in [0.05, 0.1) is 7.11 Å². The summed E-state index contributed by atoms with van der Waals surface area (Å²) in [7, 11) is 1.20. The first-order valence-corrected chi connectivity index (χ1v) is 6.42. The zero-order chi connectivity index (χ0) is 13.6. The molecular weight excluding hydrogens is 298 g/mol. The van der Waals surface area contributed by atoms with Crippen LogP contribution in [-0.4, -0.2) is 23.2 Å². The van der Waals surface area contributed by atoms with Crippen molar-refractivity contribution in [3.8, 4) is 0 Å². The maximum Gasteiger partial charge on any atom is 0.508 e. The van der Waals surface area contributed by atoms with Gasteiger partial charge in [-0.15, -0.1) is 0 Å². The molecule has 0 N–H and O–H groups in total. The fourth-order valence-electron chi connectivity index (χ4n) is 1.40. The molecule has 0 spiro atoms. The van der Waals surface area contributed by atoms with Crippen molar-refractivity contribution in [2.24, 2.45) is 0 Å². The second kappa shape index (κ2) is 7.07. The number of halogens is 3. The zero-order valence-electron chi connectivity index (χ0n) is 9.74. The molecule has 0 radical (unpaired) electrons. The fourth-order valence-corrected chi connectivity index (χ4v) is 1.86. The van der Waals surface area contributed by atoms with Gasteiger partial charge in [0.2, 0.25) is 3.79 Å². The average Bonchev–Trinajstić information content (AvgIpc) is 2.34. The van der Waals surface area contributed by atoms with Crippen molar-refractivity contribution >= 4 is 41.0 Å². The summed E-state index contributed by atoms with van der Waals surface area (Å²) in [6.07, 6.45) is -0.680. The minimum atomic E-state index is -1.68. The first-order valence-electron chi connectivity index (χ1n) is 5.28. The van der Waals surface area contributed by atoms with E-state index >= 15 is 0 Å². The summed E-state index contributed by atoms with van der Waals surface area (Å²) in [5, 5.41) is 0. The van der Waals surface area contributed by atoms with E-state index in [1.807, 2.05) is 30.3 Å². The maximum absolute atomic E-state index is 11.1. The van der Waals surface area contributed by atoms with Gasteiger partial charge < -0.3 is 9.47 Å².